The maximum absolute atomic E-state index is 12.9. The Bertz CT molecular complexity index is 1160. The van der Waals surface area contributed by atoms with Crippen molar-refractivity contribution in [3.8, 4) is 9.88 Å². The molecule has 1 saturated heterocycles. The van der Waals surface area contributed by atoms with Crippen LogP contribution in [-0.4, -0.2) is 59.8 Å². The molecule has 1 fully saturated rings. The molecule has 0 N–H and O–H groups in total. The first kappa shape index (κ1) is 21.4. The molecule has 0 atom stereocenters. The fraction of sp³-hybridized carbons (Fsp3) is 0.389. The van der Waals surface area contributed by atoms with Crippen LogP contribution >= 0.6 is 34.3 Å². The van der Waals surface area contributed by atoms with Gasteiger partial charge in [-0.3, -0.25) is 4.79 Å². The number of carbonyl (C=O) groups excluding carboxylic acids is 1. The first-order valence-electron chi connectivity index (χ1n) is 9.16. The SMILES string of the molecule is Cc1noc(C)c1S(=O)(=O)N1CCN(C(=O)Cc2csc(-c3ccc(Cl)s3)n2)CC1. The van der Waals surface area contributed by atoms with Crippen LogP contribution in [0, 0.1) is 13.8 Å². The molecule has 0 bridgehead atoms. The zero-order chi connectivity index (χ0) is 21.5. The number of rotatable bonds is 5. The summed E-state index contributed by atoms with van der Waals surface area (Å²) in [5.41, 5.74) is 1.05. The van der Waals surface area contributed by atoms with Gasteiger partial charge in [0, 0.05) is 31.6 Å². The molecule has 1 aliphatic rings. The van der Waals surface area contributed by atoms with Crippen LogP contribution in [0.4, 0.5) is 0 Å². The molecule has 1 aliphatic heterocycles. The molecule has 0 aromatic carbocycles. The van der Waals surface area contributed by atoms with Gasteiger partial charge in [-0.05, 0) is 26.0 Å². The smallest absolute Gasteiger partial charge is 0.248 e. The lowest BCUT2D eigenvalue weighted by Crippen LogP contribution is -2.51. The lowest BCUT2D eigenvalue weighted by atomic mass is 10.2. The molecule has 1 amide bonds. The molecule has 3 aromatic rings. The number of aryl methyl sites for hydroxylation is 2. The molecule has 160 valence electrons. The van der Waals surface area contributed by atoms with E-state index in [-0.39, 0.29) is 36.1 Å². The van der Waals surface area contributed by atoms with Gasteiger partial charge in [-0.1, -0.05) is 16.8 Å². The van der Waals surface area contributed by atoms with Crippen molar-refractivity contribution in [1.29, 1.82) is 0 Å². The van der Waals surface area contributed by atoms with Gasteiger partial charge in [0.15, 0.2) is 5.76 Å². The lowest BCUT2D eigenvalue weighted by Gasteiger charge is -2.33. The molecule has 0 unspecified atom stereocenters. The van der Waals surface area contributed by atoms with Crippen LogP contribution in [0.2, 0.25) is 4.34 Å². The van der Waals surface area contributed by atoms with Gasteiger partial charge < -0.3 is 9.42 Å². The van der Waals surface area contributed by atoms with Gasteiger partial charge in [0.1, 0.15) is 15.6 Å². The highest BCUT2D eigenvalue weighted by atomic mass is 35.5. The van der Waals surface area contributed by atoms with Crippen LogP contribution in [0.15, 0.2) is 26.9 Å². The highest BCUT2D eigenvalue weighted by Gasteiger charge is 2.34. The number of amides is 1. The number of carbonyl (C=O) groups is 1. The van der Waals surface area contributed by atoms with Crippen LogP contribution in [0.1, 0.15) is 17.1 Å². The van der Waals surface area contributed by atoms with Gasteiger partial charge in [0.2, 0.25) is 15.9 Å². The molecule has 0 saturated carbocycles. The van der Waals surface area contributed by atoms with Crippen molar-refractivity contribution >= 4 is 50.2 Å². The molecule has 0 aliphatic carbocycles. The van der Waals surface area contributed by atoms with Crippen molar-refractivity contribution in [1.82, 2.24) is 19.3 Å². The van der Waals surface area contributed by atoms with E-state index in [4.69, 9.17) is 16.1 Å². The predicted molar refractivity (Wildman–Crippen MR) is 115 cm³/mol. The summed E-state index contributed by atoms with van der Waals surface area (Å²) in [6.45, 7) is 4.31. The minimum Gasteiger partial charge on any atom is -0.360 e. The van der Waals surface area contributed by atoms with E-state index < -0.39 is 10.0 Å². The summed E-state index contributed by atoms with van der Waals surface area (Å²) in [5.74, 6) is 0.211. The van der Waals surface area contributed by atoms with E-state index in [1.807, 2.05) is 17.5 Å². The summed E-state index contributed by atoms with van der Waals surface area (Å²) in [7, 11) is -3.69. The quantitative estimate of drug-likeness (QED) is 0.549. The molecule has 4 rings (SSSR count). The molecule has 12 heteroatoms. The third kappa shape index (κ3) is 4.17. The molecule has 3 aromatic heterocycles. The molecule has 30 heavy (non-hydrogen) atoms. The minimum atomic E-state index is -3.69. The Hall–Kier alpha value is -1.79. The van der Waals surface area contributed by atoms with Crippen LogP contribution in [0.5, 0.6) is 0 Å². The Morgan fingerprint density at radius 3 is 2.57 bits per heavy atom. The van der Waals surface area contributed by atoms with E-state index in [1.54, 1.807) is 18.7 Å². The van der Waals surface area contributed by atoms with Gasteiger partial charge in [0.25, 0.3) is 0 Å². The largest absolute Gasteiger partial charge is 0.360 e. The number of thiophene rings is 1. The third-order valence-electron chi connectivity index (χ3n) is 4.83. The van der Waals surface area contributed by atoms with E-state index in [9.17, 15) is 13.2 Å². The van der Waals surface area contributed by atoms with Crippen LogP contribution < -0.4 is 0 Å². The van der Waals surface area contributed by atoms with E-state index in [0.717, 1.165) is 9.88 Å². The first-order chi connectivity index (χ1) is 14.3. The van der Waals surface area contributed by atoms with Gasteiger partial charge in [-0.15, -0.1) is 22.7 Å². The predicted octanol–water partition coefficient (Wildman–Crippen LogP) is 3.21. The average molecular weight is 487 g/mol. The monoisotopic (exact) mass is 486 g/mol. The molecule has 0 radical (unpaired) electrons. The van der Waals surface area contributed by atoms with Crippen molar-refractivity contribution < 1.29 is 17.7 Å². The highest BCUT2D eigenvalue weighted by molar-refractivity contribution is 7.89. The third-order valence-corrected chi connectivity index (χ3v) is 9.26. The van der Waals surface area contributed by atoms with Crippen LogP contribution in [0.3, 0.4) is 0 Å². The molecule has 0 spiro atoms. The second-order valence-electron chi connectivity index (χ2n) is 6.86. The maximum Gasteiger partial charge on any atom is 0.248 e. The lowest BCUT2D eigenvalue weighted by molar-refractivity contribution is -0.131. The number of aromatic nitrogens is 2. The van der Waals surface area contributed by atoms with Crippen molar-refractivity contribution in [2.45, 2.75) is 25.2 Å². The van der Waals surface area contributed by atoms with Gasteiger partial charge in [-0.2, -0.15) is 4.31 Å². The average Bonchev–Trinajstić information content (AvgIpc) is 3.42. The van der Waals surface area contributed by atoms with Crippen molar-refractivity contribution in [3.05, 3.63) is 39.0 Å². The van der Waals surface area contributed by atoms with Crippen molar-refractivity contribution in [3.63, 3.8) is 0 Å². The number of hydrogen-bond acceptors (Lipinski definition) is 8. The second kappa shape index (κ2) is 8.39. The fourth-order valence-electron chi connectivity index (χ4n) is 3.35. The number of hydrogen-bond donors (Lipinski definition) is 0. The molecular formula is C18H19ClN4O4S3. The normalized spacial score (nSPS) is 15.6. The van der Waals surface area contributed by atoms with Crippen molar-refractivity contribution in [2.24, 2.45) is 0 Å². The molecule has 8 nitrogen and oxygen atoms in total. The number of sulfonamides is 1. The van der Waals surface area contributed by atoms with Crippen molar-refractivity contribution in [2.75, 3.05) is 26.2 Å². The summed E-state index contributed by atoms with van der Waals surface area (Å²) >= 11 is 8.90. The minimum absolute atomic E-state index is 0.0644. The maximum atomic E-state index is 12.9. The van der Waals surface area contributed by atoms with Gasteiger partial charge >= 0.3 is 0 Å². The zero-order valence-electron chi connectivity index (χ0n) is 16.3. The summed E-state index contributed by atoms with van der Waals surface area (Å²) in [5, 5.41) is 6.45. The van der Waals surface area contributed by atoms with E-state index in [1.165, 1.54) is 27.0 Å². The Kier molecular flexibility index (Phi) is 5.99. The molecule has 4 heterocycles. The Labute approximate surface area is 187 Å². The second-order valence-corrected chi connectivity index (χ2v) is 11.3. The summed E-state index contributed by atoms with van der Waals surface area (Å²) in [6, 6.07) is 3.74. The number of thiazole rings is 1. The molecular weight excluding hydrogens is 468 g/mol. The van der Waals surface area contributed by atoms with E-state index in [0.29, 0.717) is 28.8 Å². The number of halogens is 1. The van der Waals surface area contributed by atoms with Gasteiger partial charge in [-0.25, -0.2) is 13.4 Å². The van der Waals surface area contributed by atoms with Crippen LogP contribution in [0.25, 0.3) is 9.88 Å². The summed E-state index contributed by atoms with van der Waals surface area (Å²) in [4.78, 5) is 20.0. The Balaban J connectivity index is 1.37. The van der Waals surface area contributed by atoms with Crippen LogP contribution in [-0.2, 0) is 21.2 Å². The first-order valence-corrected chi connectivity index (χ1v) is 12.7. The number of nitrogens with zero attached hydrogens (tertiary/aromatic N) is 4. The summed E-state index contributed by atoms with van der Waals surface area (Å²) in [6.07, 6.45) is 0.187. The van der Waals surface area contributed by atoms with E-state index >= 15 is 0 Å². The summed E-state index contributed by atoms with van der Waals surface area (Å²) < 4.78 is 32.9. The number of piperazine rings is 1. The highest BCUT2D eigenvalue weighted by Crippen LogP contribution is 2.33. The fourth-order valence-corrected chi connectivity index (χ4v) is 7.00. The Morgan fingerprint density at radius 1 is 1.23 bits per heavy atom. The Morgan fingerprint density at radius 2 is 1.97 bits per heavy atom. The zero-order valence-corrected chi connectivity index (χ0v) is 19.5. The standard InChI is InChI=1S/C18H19ClN4O4S3/c1-11-17(12(2)27-21-11)30(25,26)23-7-5-22(6-8-23)16(24)9-13-10-28-18(20-13)14-3-4-15(19)29-14/h3-4,10H,5-9H2,1-2H3. The topological polar surface area (TPSA) is 96.6 Å². The van der Waals surface area contributed by atoms with Gasteiger partial charge in [0.05, 0.1) is 21.3 Å². The van der Waals surface area contributed by atoms with E-state index in [2.05, 4.69) is 10.1 Å².